The maximum atomic E-state index is 5.13. The molecule has 0 fully saturated rings. The molecule has 0 atom stereocenters. The molecule has 6 nitrogen and oxygen atoms in total. The van der Waals surface area contributed by atoms with Crippen molar-refractivity contribution in [2.75, 3.05) is 0 Å². The van der Waals surface area contributed by atoms with Crippen molar-refractivity contribution in [3.05, 3.63) is 355 Å². The molecule has 7 heteroatoms. The average Bonchev–Trinajstić information content (AvgIpc) is 1.61. The zero-order valence-electron chi connectivity index (χ0n) is 57.4. The number of hydrogen-bond donors (Lipinski definition) is 0. The quantitative estimate of drug-likeness (QED) is 0.149. The van der Waals surface area contributed by atoms with E-state index >= 15 is 0 Å². The van der Waals surface area contributed by atoms with Gasteiger partial charge >= 0.3 is 0 Å². The normalized spacial score (nSPS) is 14.8. The third kappa shape index (κ3) is 14.9. The first kappa shape index (κ1) is 66.4. The van der Waals surface area contributed by atoms with Gasteiger partial charge in [-0.3, -0.25) is 0 Å². The Bertz CT molecular complexity index is 4460. The summed E-state index contributed by atoms with van der Waals surface area (Å²) in [6.07, 6.45) is 0. The third-order valence-electron chi connectivity index (χ3n) is 17.3. The number of aryl methyl sites for hydroxylation is 12. The molecule has 97 heavy (non-hydrogen) atoms. The summed E-state index contributed by atoms with van der Waals surface area (Å²) < 4.78 is 0. The molecule has 0 bridgehead atoms. The van der Waals surface area contributed by atoms with Crippen LogP contribution in [-0.2, 0) is 21.7 Å². The minimum Gasteiger partial charge on any atom is -0.246 e. The summed E-state index contributed by atoms with van der Waals surface area (Å²) >= 11 is 0. The topological polar surface area (TPSA) is 74.2 Å². The summed E-state index contributed by atoms with van der Waals surface area (Å²) in [6, 6.07) is 89.3. The van der Waals surface area contributed by atoms with E-state index < -0.39 is 0 Å². The van der Waals surface area contributed by atoms with Gasteiger partial charge in [0.25, 0.3) is 0 Å². The predicted molar refractivity (Wildman–Crippen MR) is 411 cm³/mol. The average molecular weight is 1290 g/mol. The monoisotopic (exact) mass is 1290 g/mol. The van der Waals surface area contributed by atoms with E-state index in [9.17, 15) is 0 Å². The molecule has 16 rings (SSSR count). The first-order valence-electron chi connectivity index (χ1n) is 33.0. The summed E-state index contributed by atoms with van der Waals surface area (Å²) in [5.41, 5.74) is 33.1. The molecule has 3 aliphatic rings. The van der Waals surface area contributed by atoms with Crippen molar-refractivity contribution in [2.45, 2.75) is 83.1 Å². The SMILES string of the molecule is Cc1cc(C)cc(N=C2C(=Nc3cc(C)cc(C)c3)c3cccc4cccc2c34)c1.Cc1cc(C)cc(N=C2C(=Nc3cc(C)cc(C)c3)c3cccc4cccc2c34)c1.Cc1cc(C)cc(N=C2C(=Nc3cc(C)cc(C)c3)c3cccc4cccc2c34)c1.[Ti].c1ccccc1. The van der Waals surface area contributed by atoms with Gasteiger partial charge in [-0.05, 0) is 239 Å². The smallest absolute Gasteiger partial charge is 0.0978 e. The van der Waals surface area contributed by atoms with E-state index in [1.165, 1.54) is 99.1 Å². The Morgan fingerprint density at radius 3 is 0.433 bits per heavy atom. The number of rotatable bonds is 6. The van der Waals surface area contributed by atoms with Gasteiger partial charge in [0.15, 0.2) is 0 Å². The summed E-state index contributed by atoms with van der Waals surface area (Å²) in [5, 5.41) is 7.40. The summed E-state index contributed by atoms with van der Waals surface area (Å²) in [7, 11) is 0. The molecule has 0 aromatic heterocycles. The van der Waals surface area contributed by atoms with Crippen molar-refractivity contribution in [3.8, 4) is 0 Å². The third-order valence-corrected chi connectivity index (χ3v) is 17.3. The van der Waals surface area contributed by atoms with E-state index in [0.717, 1.165) is 102 Å². The fourth-order valence-electron chi connectivity index (χ4n) is 13.9. The fraction of sp³-hybridized carbons (Fsp3) is 0.133. The zero-order chi connectivity index (χ0) is 66.7. The van der Waals surface area contributed by atoms with Crippen LogP contribution in [-0.4, -0.2) is 34.3 Å². The second kappa shape index (κ2) is 28.8. The molecule has 472 valence electrons. The van der Waals surface area contributed by atoms with Gasteiger partial charge in [-0.15, -0.1) is 0 Å². The van der Waals surface area contributed by atoms with Gasteiger partial charge < -0.3 is 0 Å². The van der Waals surface area contributed by atoms with Crippen LogP contribution >= 0.6 is 0 Å². The van der Waals surface area contributed by atoms with Crippen LogP contribution in [0.3, 0.4) is 0 Å². The molecule has 0 aliphatic heterocycles. The Morgan fingerprint density at radius 1 is 0.165 bits per heavy atom. The Balaban J connectivity index is 0.000000132. The van der Waals surface area contributed by atoms with Gasteiger partial charge in [0, 0.05) is 71.3 Å². The van der Waals surface area contributed by atoms with Crippen molar-refractivity contribution in [1.29, 1.82) is 0 Å². The van der Waals surface area contributed by atoms with Crippen LogP contribution in [0.25, 0.3) is 32.3 Å². The van der Waals surface area contributed by atoms with E-state index in [1.54, 1.807) is 0 Å². The minimum absolute atomic E-state index is 0. The molecular weight excluding hydrogens is 1210 g/mol. The van der Waals surface area contributed by atoms with Crippen LogP contribution in [0.1, 0.15) is 100 Å². The molecular formula is C90H78N6Ti. The van der Waals surface area contributed by atoms with E-state index in [1.807, 2.05) is 36.4 Å². The number of hydrogen-bond acceptors (Lipinski definition) is 6. The molecule has 13 aromatic rings. The van der Waals surface area contributed by atoms with Crippen molar-refractivity contribution >= 4 is 101 Å². The summed E-state index contributed by atoms with van der Waals surface area (Å²) in [6.45, 7) is 25.4. The van der Waals surface area contributed by atoms with E-state index in [2.05, 4.69) is 301 Å². The van der Waals surface area contributed by atoms with Crippen molar-refractivity contribution < 1.29 is 21.7 Å². The Kier molecular flexibility index (Phi) is 19.7. The van der Waals surface area contributed by atoms with Gasteiger partial charge in [-0.2, -0.15) is 0 Å². The van der Waals surface area contributed by atoms with Gasteiger partial charge in [-0.25, -0.2) is 30.0 Å². The molecule has 0 heterocycles. The molecule has 0 amide bonds. The zero-order valence-corrected chi connectivity index (χ0v) is 59.0. The van der Waals surface area contributed by atoms with Crippen LogP contribution < -0.4 is 0 Å². The Hall–Kier alpha value is -10.6. The van der Waals surface area contributed by atoms with E-state index in [-0.39, 0.29) is 21.7 Å². The van der Waals surface area contributed by atoms with Crippen LogP contribution in [0, 0.1) is 83.1 Å². The number of aliphatic imine (C=N–C) groups is 6. The Morgan fingerprint density at radius 2 is 0.299 bits per heavy atom. The molecule has 3 aliphatic carbocycles. The van der Waals surface area contributed by atoms with E-state index in [0.29, 0.717) is 0 Å². The second-order valence-electron chi connectivity index (χ2n) is 26.1. The molecule has 0 N–H and O–H groups in total. The Labute approximate surface area is 586 Å². The molecule has 0 saturated heterocycles. The van der Waals surface area contributed by atoms with Crippen LogP contribution in [0.2, 0.25) is 0 Å². The predicted octanol–water partition coefficient (Wildman–Crippen LogP) is 23.7. The largest absolute Gasteiger partial charge is 0.246 e. The van der Waals surface area contributed by atoms with Crippen molar-refractivity contribution in [2.24, 2.45) is 30.0 Å². The molecule has 0 radical (unpaired) electrons. The van der Waals surface area contributed by atoms with Gasteiger partial charge in [-0.1, -0.05) is 182 Å². The maximum absolute atomic E-state index is 5.13. The summed E-state index contributed by atoms with van der Waals surface area (Å²) in [4.78, 5) is 30.8. The van der Waals surface area contributed by atoms with Crippen LogP contribution in [0.4, 0.5) is 34.1 Å². The van der Waals surface area contributed by atoms with Gasteiger partial charge in [0.05, 0.1) is 68.4 Å². The minimum atomic E-state index is 0. The van der Waals surface area contributed by atoms with Crippen molar-refractivity contribution in [1.82, 2.24) is 0 Å². The maximum Gasteiger partial charge on any atom is 0.0978 e. The number of benzene rings is 13. The first-order valence-corrected chi connectivity index (χ1v) is 33.0. The summed E-state index contributed by atoms with van der Waals surface area (Å²) in [5.74, 6) is 0. The molecule has 0 spiro atoms. The van der Waals surface area contributed by atoms with Gasteiger partial charge in [0.1, 0.15) is 0 Å². The van der Waals surface area contributed by atoms with E-state index in [4.69, 9.17) is 30.0 Å². The van der Waals surface area contributed by atoms with Crippen LogP contribution in [0.5, 0.6) is 0 Å². The first-order chi connectivity index (χ1) is 46.4. The molecule has 0 saturated carbocycles. The second-order valence-corrected chi connectivity index (χ2v) is 26.1. The fourth-order valence-corrected chi connectivity index (χ4v) is 13.9. The molecule has 13 aromatic carbocycles. The van der Waals surface area contributed by atoms with Crippen LogP contribution in [0.15, 0.2) is 285 Å². The standard InChI is InChI=1S/3C28H24N2.C6H6.Ti/c3*1-17-11-18(2)14-22(13-17)29-27-24-9-5-7-21-8-6-10-25(26(21)24)28(27)30-23-15-19(3)12-20(4)16-23;1-2-4-6-5-3-1;/h3*5-16H,1-4H3;1-6H;. The van der Waals surface area contributed by atoms with Gasteiger partial charge in [0.2, 0.25) is 0 Å². The van der Waals surface area contributed by atoms with Crippen molar-refractivity contribution in [3.63, 3.8) is 0 Å². The molecule has 0 unspecified atom stereocenters. The number of nitrogens with zero attached hydrogens (tertiary/aromatic N) is 6.